The first-order valence-corrected chi connectivity index (χ1v) is 5.56. The maximum Gasteiger partial charge on any atom is 0.254 e. The van der Waals surface area contributed by atoms with E-state index in [0.717, 1.165) is 25.1 Å². The lowest BCUT2D eigenvalue weighted by molar-refractivity contribution is 0.0717. The van der Waals surface area contributed by atoms with E-state index in [1.807, 2.05) is 4.90 Å². The predicted molar refractivity (Wildman–Crippen MR) is 64.8 cm³/mol. The summed E-state index contributed by atoms with van der Waals surface area (Å²) < 4.78 is 13.1. The minimum absolute atomic E-state index is 0. The van der Waals surface area contributed by atoms with Gasteiger partial charge in [-0.15, -0.1) is 12.4 Å². The number of hydrogen-bond donors (Lipinski definition) is 1. The average molecular weight is 257 g/mol. The molecule has 1 fully saturated rings. The number of nitrogens with zero attached hydrogens (tertiary/aromatic N) is 1. The van der Waals surface area contributed by atoms with Crippen LogP contribution in [0.2, 0.25) is 0 Å². The summed E-state index contributed by atoms with van der Waals surface area (Å²) in [4.78, 5) is 13.9. The molecule has 0 aliphatic carbocycles. The van der Waals surface area contributed by atoms with Crippen molar-refractivity contribution in [2.24, 2.45) is 0 Å². The van der Waals surface area contributed by atoms with E-state index in [1.165, 1.54) is 12.1 Å². The van der Waals surface area contributed by atoms with Crippen LogP contribution in [-0.2, 0) is 6.54 Å². The zero-order valence-electron chi connectivity index (χ0n) is 9.28. The number of nitrogens with one attached hydrogen (secondary N) is 1. The fraction of sp³-hybridized carbons (Fsp3) is 0.417. The summed E-state index contributed by atoms with van der Waals surface area (Å²) >= 11 is 0. The number of amides is 1. The Morgan fingerprint density at radius 2 is 2.24 bits per heavy atom. The van der Waals surface area contributed by atoms with E-state index < -0.39 is 0 Å². The molecule has 0 saturated carbocycles. The lowest BCUT2D eigenvalue weighted by Crippen LogP contribution is -2.36. The second-order valence-electron chi connectivity index (χ2n) is 4.38. The maximum absolute atomic E-state index is 13.1. The zero-order valence-corrected chi connectivity index (χ0v) is 10.1. The van der Waals surface area contributed by atoms with Gasteiger partial charge in [0.25, 0.3) is 5.91 Å². The Hall–Kier alpha value is -1.13. The molecule has 2 aliphatic rings. The Kier molecular flexibility index (Phi) is 3.35. The molecule has 0 radical (unpaired) electrons. The highest BCUT2D eigenvalue weighted by Crippen LogP contribution is 2.26. The molecule has 0 aromatic heterocycles. The average Bonchev–Trinajstić information content (AvgIpc) is 2.87. The Bertz CT molecular complexity index is 446. The standard InChI is InChI=1S/C12H13FN2O.ClH/c13-9-2-1-8-7-15(10-3-4-14-6-10)12(16)11(8)5-9;/h1-2,5,10,14H,3-4,6-7H2;1H/t10-;/m1./s1. The Morgan fingerprint density at radius 1 is 1.41 bits per heavy atom. The Morgan fingerprint density at radius 3 is 2.94 bits per heavy atom. The molecule has 1 aromatic carbocycles. The molecule has 1 saturated heterocycles. The fourth-order valence-corrected chi connectivity index (χ4v) is 2.50. The zero-order chi connectivity index (χ0) is 11.1. The molecule has 1 N–H and O–H groups in total. The van der Waals surface area contributed by atoms with Crippen LogP contribution in [0.4, 0.5) is 4.39 Å². The van der Waals surface area contributed by atoms with Crippen LogP contribution < -0.4 is 5.32 Å². The van der Waals surface area contributed by atoms with Crippen LogP contribution >= 0.6 is 12.4 Å². The van der Waals surface area contributed by atoms with Crippen molar-refractivity contribution in [1.82, 2.24) is 10.2 Å². The van der Waals surface area contributed by atoms with Crippen molar-refractivity contribution in [2.75, 3.05) is 13.1 Å². The van der Waals surface area contributed by atoms with Gasteiger partial charge in [0, 0.05) is 24.7 Å². The van der Waals surface area contributed by atoms with E-state index in [9.17, 15) is 9.18 Å². The molecule has 1 amide bonds. The molecule has 92 valence electrons. The highest BCUT2D eigenvalue weighted by atomic mass is 35.5. The highest BCUT2D eigenvalue weighted by Gasteiger charge is 2.33. The maximum atomic E-state index is 13.1. The predicted octanol–water partition coefficient (Wildman–Crippen LogP) is 1.57. The molecule has 0 spiro atoms. The molecule has 0 bridgehead atoms. The van der Waals surface area contributed by atoms with Gasteiger partial charge in [-0.2, -0.15) is 0 Å². The number of carbonyl (C=O) groups is 1. The smallest absolute Gasteiger partial charge is 0.254 e. The van der Waals surface area contributed by atoms with Crippen LogP contribution in [0, 0.1) is 5.82 Å². The van der Waals surface area contributed by atoms with Gasteiger partial charge in [0.05, 0.1) is 0 Å². The molecule has 5 heteroatoms. The number of fused-ring (bicyclic) bond motifs is 1. The van der Waals surface area contributed by atoms with E-state index in [1.54, 1.807) is 6.07 Å². The molecular weight excluding hydrogens is 243 g/mol. The summed E-state index contributed by atoms with van der Waals surface area (Å²) in [5, 5.41) is 3.24. The molecular formula is C12H14ClFN2O. The van der Waals surface area contributed by atoms with Gasteiger partial charge in [-0.1, -0.05) is 6.07 Å². The van der Waals surface area contributed by atoms with Gasteiger partial charge in [-0.25, -0.2) is 4.39 Å². The van der Waals surface area contributed by atoms with Gasteiger partial charge in [-0.05, 0) is 30.7 Å². The quantitative estimate of drug-likeness (QED) is 0.827. The van der Waals surface area contributed by atoms with E-state index >= 15 is 0 Å². The van der Waals surface area contributed by atoms with Crippen molar-refractivity contribution in [3.8, 4) is 0 Å². The normalized spacial score (nSPS) is 22.5. The summed E-state index contributed by atoms with van der Waals surface area (Å²) in [5.41, 5.74) is 1.48. The molecule has 3 nitrogen and oxygen atoms in total. The first-order valence-electron chi connectivity index (χ1n) is 5.56. The topological polar surface area (TPSA) is 32.3 Å². The van der Waals surface area contributed by atoms with Crippen LogP contribution in [0.25, 0.3) is 0 Å². The highest BCUT2D eigenvalue weighted by molar-refractivity contribution is 5.98. The van der Waals surface area contributed by atoms with Crippen LogP contribution in [0.3, 0.4) is 0 Å². The SMILES string of the molecule is Cl.O=C1c2cc(F)ccc2CN1[C@@H]1CCNC1. The van der Waals surface area contributed by atoms with Crippen molar-refractivity contribution in [3.63, 3.8) is 0 Å². The van der Waals surface area contributed by atoms with Gasteiger partial charge >= 0.3 is 0 Å². The van der Waals surface area contributed by atoms with Crippen molar-refractivity contribution >= 4 is 18.3 Å². The number of halogens is 2. The molecule has 17 heavy (non-hydrogen) atoms. The number of benzene rings is 1. The Labute approximate surface area is 105 Å². The molecule has 0 unspecified atom stereocenters. The lowest BCUT2D eigenvalue weighted by atomic mass is 10.1. The number of rotatable bonds is 1. The minimum Gasteiger partial charge on any atom is -0.330 e. The summed E-state index contributed by atoms with van der Waals surface area (Å²) in [7, 11) is 0. The third kappa shape index (κ3) is 2.03. The third-order valence-corrected chi connectivity index (χ3v) is 3.38. The Balaban J connectivity index is 0.00000108. The fourth-order valence-electron chi connectivity index (χ4n) is 2.50. The van der Waals surface area contributed by atoms with E-state index in [-0.39, 0.29) is 30.2 Å². The number of hydrogen-bond acceptors (Lipinski definition) is 2. The van der Waals surface area contributed by atoms with Gasteiger partial charge in [0.2, 0.25) is 0 Å². The van der Waals surface area contributed by atoms with E-state index in [2.05, 4.69) is 5.32 Å². The van der Waals surface area contributed by atoms with Crippen molar-refractivity contribution < 1.29 is 9.18 Å². The van der Waals surface area contributed by atoms with Crippen LogP contribution in [0.15, 0.2) is 18.2 Å². The van der Waals surface area contributed by atoms with Crippen LogP contribution in [-0.4, -0.2) is 29.9 Å². The van der Waals surface area contributed by atoms with E-state index in [4.69, 9.17) is 0 Å². The summed E-state index contributed by atoms with van der Waals surface area (Å²) in [5.74, 6) is -0.360. The van der Waals surface area contributed by atoms with Gasteiger partial charge in [-0.3, -0.25) is 4.79 Å². The van der Waals surface area contributed by atoms with Gasteiger partial charge in [0.1, 0.15) is 5.82 Å². The van der Waals surface area contributed by atoms with Crippen molar-refractivity contribution in [2.45, 2.75) is 19.0 Å². The molecule has 3 rings (SSSR count). The largest absolute Gasteiger partial charge is 0.330 e. The first kappa shape index (κ1) is 12.3. The molecule has 1 atom stereocenters. The van der Waals surface area contributed by atoms with Crippen LogP contribution in [0.5, 0.6) is 0 Å². The third-order valence-electron chi connectivity index (χ3n) is 3.38. The first-order chi connectivity index (χ1) is 7.75. The van der Waals surface area contributed by atoms with Crippen molar-refractivity contribution in [1.29, 1.82) is 0 Å². The molecule has 2 aliphatic heterocycles. The van der Waals surface area contributed by atoms with Crippen molar-refractivity contribution in [3.05, 3.63) is 35.1 Å². The number of carbonyl (C=O) groups excluding carboxylic acids is 1. The molecule has 2 heterocycles. The summed E-state index contributed by atoms with van der Waals surface area (Å²) in [6, 6.07) is 4.75. The summed E-state index contributed by atoms with van der Waals surface area (Å²) in [6.45, 7) is 2.43. The van der Waals surface area contributed by atoms with E-state index in [0.29, 0.717) is 12.1 Å². The molecule has 1 aromatic rings. The second kappa shape index (κ2) is 4.63. The minimum atomic E-state index is -0.335. The second-order valence-corrected chi connectivity index (χ2v) is 4.38. The van der Waals surface area contributed by atoms with Gasteiger partial charge in [0.15, 0.2) is 0 Å². The monoisotopic (exact) mass is 256 g/mol. The lowest BCUT2D eigenvalue weighted by Gasteiger charge is -2.22. The van der Waals surface area contributed by atoms with Crippen LogP contribution in [0.1, 0.15) is 22.3 Å². The summed E-state index contributed by atoms with van der Waals surface area (Å²) in [6.07, 6.45) is 0.988. The van der Waals surface area contributed by atoms with Gasteiger partial charge < -0.3 is 10.2 Å².